The van der Waals surface area contributed by atoms with Crippen molar-refractivity contribution in [2.45, 2.75) is 25.5 Å². The first-order valence-corrected chi connectivity index (χ1v) is 9.73. The Bertz CT molecular complexity index is 1180. The third kappa shape index (κ3) is 5.67. The third-order valence-electron chi connectivity index (χ3n) is 3.85. The van der Waals surface area contributed by atoms with E-state index in [1.54, 1.807) is 31.2 Å². The van der Waals surface area contributed by atoms with Crippen LogP contribution in [0.1, 0.15) is 24.1 Å². The van der Waals surface area contributed by atoms with Crippen molar-refractivity contribution >= 4 is 35.0 Å². The van der Waals surface area contributed by atoms with E-state index in [4.69, 9.17) is 4.42 Å². The topological polar surface area (TPSA) is 163 Å². The number of amides is 2. The van der Waals surface area contributed by atoms with Crippen LogP contribution in [0.4, 0.5) is 11.4 Å². The Balaban J connectivity index is 1.54. The van der Waals surface area contributed by atoms with Crippen molar-refractivity contribution in [3.63, 3.8) is 0 Å². The summed E-state index contributed by atoms with van der Waals surface area (Å²) in [5.41, 5.74) is 0.833. The average Bonchev–Trinajstić information content (AvgIpc) is 3.12. The highest BCUT2D eigenvalue weighted by Crippen LogP contribution is 2.19. The van der Waals surface area contributed by atoms with E-state index in [9.17, 15) is 19.2 Å². The van der Waals surface area contributed by atoms with Gasteiger partial charge in [-0.3, -0.25) is 19.4 Å². The van der Waals surface area contributed by atoms with Crippen LogP contribution in [0.25, 0.3) is 0 Å². The van der Waals surface area contributed by atoms with Crippen LogP contribution in [-0.2, 0) is 16.0 Å². The maximum Gasteiger partial charge on any atom is 0.325 e. The molecule has 3 aromatic rings. The molecular weight excluding hydrogens is 412 g/mol. The van der Waals surface area contributed by atoms with Crippen molar-refractivity contribution in [3.05, 3.63) is 62.3 Å². The minimum absolute atomic E-state index is 0.0351. The van der Waals surface area contributed by atoms with Crippen molar-refractivity contribution < 1.29 is 14.0 Å². The van der Waals surface area contributed by atoms with Crippen LogP contribution in [0.5, 0.6) is 0 Å². The van der Waals surface area contributed by atoms with Crippen molar-refractivity contribution in [2.75, 3.05) is 16.4 Å². The van der Waals surface area contributed by atoms with Crippen LogP contribution in [0, 0.1) is 6.92 Å². The number of benzene rings is 1. The standard InChI is InChI=1S/C18H18N6O5S/c1-9-13(16(27)22-17(28)19-9)7-15-23-24-18(29-15)30-8-14(26)21-12-5-3-11(4-6-12)20-10(2)25/h3-6H,7-8H2,1-2H3,(H,20,25)(H,21,26)(H2,19,22,27,28). The van der Waals surface area contributed by atoms with Crippen LogP contribution in [-0.4, -0.2) is 37.7 Å². The normalized spacial score (nSPS) is 10.6. The number of thioether (sulfide) groups is 1. The summed E-state index contributed by atoms with van der Waals surface area (Å²) in [6.07, 6.45) is 0.0539. The summed E-state index contributed by atoms with van der Waals surface area (Å²) in [4.78, 5) is 50.9. The molecule has 0 saturated heterocycles. The summed E-state index contributed by atoms with van der Waals surface area (Å²) in [6.45, 7) is 3.01. The zero-order valence-corrected chi connectivity index (χ0v) is 16.9. The molecule has 156 valence electrons. The number of anilines is 2. The molecular formula is C18H18N6O5S. The molecule has 0 radical (unpaired) electrons. The van der Waals surface area contributed by atoms with Crippen LogP contribution < -0.4 is 21.9 Å². The SMILES string of the molecule is CC(=O)Nc1ccc(NC(=O)CSc2nnc(Cc3c(C)[nH]c(=O)[nH]c3=O)o2)cc1. The van der Waals surface area contributed by atoms with Crippen LogP contribution in [0.2, 0.25) is 0 Å². The fourth-order valence-corrected chi connectivity index (χ4v) is 3.10. The Hall–Kier alpha value is -3.67. The molecule has 0 atom stereocenters. The van der Waals surface area contributed by atoms with E-state index in [0.29, 0.717) is 22.6 Å². The largest absolute Gasteiger partial charge is 0.416 e. The van der Waals surface area contributed by atoms with E-state index in [0.717, 1.165) is 11.8 Å². The molecule has 11 nitrogen and oxygen atoms in total. The number of H-pyrrole nitrogens is 2. The molecule has 4 N–H and O–H groups in total. The molecule has 2 heterocycles. The van der Waals surface area contributed by atoms with E-state index in [2.05, 4.69) is 30.8 Å². The fraction of sp³-hybridized carbons (Fsp3) is 0.222. The van der Waals surface area contributed by atoms with Gasteiger partial charge in [0, 0.05) is 29.6 Å². The van der Waals surface area contributed by atoms with Crippen LogP contribution in [0.3, 0.4) is 0 Å². The van der Waals surface area contributed by atoms with Gasteiger partial charge in [0.2, 0.25) is 17.7 Å². The second kappa shape index (κ2) is 9.22. The number of carbonyl (C=O) groups excluding carboxylic acids is 2. The molecule has 0 unspecified atom stereocenters. The fourth-order valence-electron chi connectivity index (χ4n) is 2.52. The molecule has 0 fully saturated rings. The summed E-state index contributed by atoms with van der Waals surface area (Å²) in [5, 5.41) is 13.2. The molecule has 12 heteroatoms. The van der Waals surface area contributed by atoms with Gasteiger partial charge >= 0.3 is 5.69 Å². The molecule has 2 aromatic heterocycles. The monoisotopic (exact) mass is 430 g/mol. The lowest BCUT2D eigenvalue weighted by molar-refractivity contribution is -0.114. The molecule has 0 saturated carbocycles. The Morgan fingerprint density at radius 2 is 1.73 bits per heavy atom. The van der Waals surface area contributed by atoms with Crippen molar-refractivity contribution in [3.8, 4) is 0 Å². The summed E-state index contributed by atoms with van der Waals surface area (Å²) >= 11 is 1.05. The van der Waals surface area contributed by atoms with Crippen LogP contribution >= 0.6 is 11.8 Å². The Kier molecular flexibility index (Phi) is 6.47. The zero-order chi connectivity index (χ0) is 21.7. The van der Waals surface area contributed by atoms with Gasteiger partial charge in [-0.05, 0) is 31.2 Å². The van der Waals surface area contributed by atoms with Gasteiger partial charge in [0.15, 0.2) is 0 Å². The molecule has 0 spiro atoms. The number of aromatic nitrogens is 4. The summed E-state index contributed by atoms with van der Waals surface area (Å²) in [5.74, 6) is -0.234. The van der Waals surface area contributed by atoms with E-state index < -0.39 is 11.2 Å². The van der Waals surface area contributed by atoms with Crippen LogP contribution in [0.15, 0.2) is 43.5 Å². The minimum Gasteiger partial charge on any atom is -0.416 e. The highest BCUT2D eigenvalue weighted by Gasteiger charge is 2.14. The highest BCUT2D eigenvalue weighted by atomic mass is 32.2. The molecule has 0 aliphatic rings. The molecule has 30 heavy (non-hydrogen) atoms. The number of rotatable bonds is 7. The van der Waals surface area contributed by atoms with Gasteiger partial charge in [0.05, 0.1) is 12.2 Å². The summed E-state index contributed by atoms with van der Waals surface area (Å²) in [7, 11) is 0. The van der Waals surface area contributed by atoms with Gasteiger partial charge in [-0.25, -0.2) is 4.79 Å². The molecule has 0 bridgehead atoms. The highest BCUT2D eigenvalue weighted by molar-refractivity contribution is 7.99. The predicted molar refractivity (Wildman–Crippen MR) is 110 cm³/mol. The number of carbonyl (C=O) groups is 2. The summed E-state index contributed by atoms with van der Waals surface area (Å²) < 4.78 is 5.46. The van der Waals surface area contributed by atoms with Gasteiger partial charge < -0.3 is 20.0 Å². The minimum atomic E-state index is -0.584. The van der Waals surface area contributed by atoms with Crippen molar-refractivity contribution in [1.29, 1.82) is 0 Å². The van der Waals surface area contributed by atoms with E-state index in [1.165, 1.54) is 6.92 Å². The first-order chi connectivity index (χ1) is 14.3. The molecule has 1 aromatic carbocycles. The predicted octanol–water partition coefficient (Wildman–Crippen LogP) is 1.03. The number of nitrogens with one attached hydrogen (secondary N) is 4. The van der Waals surface area contributed by atoms with Gasteiger partial charge in [-0.2, -0.15) is 0 Å². The van der Waals surface area contributed by atoms with Crippen molar-refractivity contribution in [2.24, 2.45) is 0 Å². The molecule has 3 rings (SSSR count). The van der Waals surface area contributed by atoms with Gasteiger partial charge in [0.25, 0.3) is 10.8 Å². The third-order valence-corrected chi connectivity index (χ3v) is 4.67. The molecule has 0 aliphatic heterocycles. The second-order valence-electron chi connectivity index (χ2n) is 6.25. The number of hydrogen-bond acceptors (Lipinski definition) is 8. The maximum atomic E-state index is 12.1. The van der Waals surface area contributed by atoms with Gasteiger partial charge in [-0.1, -0.05) is 11.8 Å². The number of nitrogens with zero attached hydrogens (tertiary/aromatic N) is 2. The zero-order valence-electron chi connectivity index (χ0n) is 16.1. The van der Waals surface area contributed by atoms with E-state index >= 15 is 0 Å². The number of aromatic amines is 2. The Morgan fingerprint density at radius 1 is 1.07 bits per heavy atom. The average molecular weight is 430 g/mol. The lowest BCUT2D eigenvalue weighted by atomic mass is 10.2. The van der Waals surface area contributed by atoms with E-state index in [-0.39, 0.29) is 35.1 Å². The Labute approximate surface area is 173 Å². The first-order valence-electron chi connectivity index (χ1n) is 8.75. The smallest absolute Gasteiger partial charge is 0.325 e. The Morgan fingerprint density at radius 3 is 2.37 bits per heavy atom. The second-order valence-corrected chi connectivity index (χ2v) is 7.17. The first kappa shape index (κ1) is 21.0. The van der Waals surface area contributed by atoms with Gasteiger partial charge in [-0.15, -0.1) is 10.2 Å². The quantitative estimate of drug-likeness (QED) is 0.404. The number of aryl methyl sites for hydroxylation is 1. The van der Waals surface area contributed by atoms with Crippen molar-refractivity contribution in [1.82, 2.24) is 20.2 Å². The lowest BCUT2D eigenvalue weighted by Crippen LogP contribution is -2.27. The summed E-state index contributed by atoms with van der Waals surface area (Å²) in [6, 6.07) is 6.69. The molecule has 0 aliphatic carbocycles. The maximum absolute atomic E-state index is 12.1. The lowest BCUT2D eigenvalue weighted by Gasteiger charge is -2.06. The van der Waals surface area contributed by atoms with Gasteiger partial charge in [0.1, 0.15) is 0 Å². The van der Waals surface area contributed by atoms with E-state index in [1.807, 2.05) is 0 Å². The molecule has 2 amide bonds. The number of hydrogen-bond donors (Lipinski definition) is 4.